The molecule has 1 saturated carbocycles. The Morgan fingerprint density at radius 3 is 2.85 bits per heavy atom. The first-order valence-corrected chi connectivity index (χ1v) is 7.07. The predicted molar refractivity (Wildman–Crippen MR) is 77.0 cm³/mol. The van der Waals surface area contributed by atoms with Crippen LogP contribution >= 0.6 is 0 Å². The molecule has 1 heterocycles. The van der Waals surface area contributed by atoms with E-state index in [-0.39, 0.29) is 11.7 Å². The molecule has 1 aliphatic rings. The van der Waals surface area contributed by atoms with Crippen LogP contribution in [0, 0.1) is 5.92 Å². The van der Waals surface area contributed by atoms with Crippen molar-refractivity contribution in [2.75, 3.05) is 6.61 Å². The van der Waals surface area contributed by atoms with Crippen molar-refractivity contribution in [3.8, 4) is 5.75 Å². The summed E-state index contributed by atoms with van der Waals surface area (Å²) in [7, 11) is 0. The van der Waals surface area contributed by atoms with Gasteiger partial charge in [-0.25, -0.2) is 4.79 Å². The number of aromatic hydroxyl groups is 1. The van der Waals surface area contributed by atoms with E-state index in [2.05, 4.69) is 4.57 Å². The average molecular weight is 273 g/mol. The van der Waals surface area contributed by atoms with E-state index in [1.165, 1.54) is 0 Å². The van der Waals surface area contributed by atoms with Crippen LogP contribution in [0.5, 0.6) is 5.75 Å². The maximum atomic E-state index is 12.2. The number of carbonyl (C=O) groups is 1. The second kappa shape index (κ2) is 4.85. The van der Waals surface area contributed by atoms with Crippen LogP contribution in [0.4, 0.5) is 0 Å². The third kappa shape index (κ3) is 2.38. The molecule has 0 aliphatic heterocycles. The summed E-state index contributed by atoms with van der Waals surface area (Å²) in [5.74, 6) is 0.168. The number of fused-ring (bicyclic) bond motifs is 1. The molecule has 0 radical (unpaired) electrons. The number of carbonyl (C=O) groups excluding carboxylic acids is 1. The van der Waals surface area contributed by atoms with Crippen LogP contribution in [0.2, 0.25) is 0 Å². The molecule has 3 rings (SSSR count). The molecule has 0 amide bonds. The maximum absolute atomic E-state index is 12.2. The zero-order valence-corrected chi connectivity index (χ0v) is 11.8. The molecule has 1 N–H and O–H groups in total. The van der Waals surface area contributed by atoms with Crippen molar-refractivity contribution in [2.45, 2.75) is 32.7 Å². The topological polar surface area (TPSA) is 51.5 Å². The van der Waals surface area contributed by atoms with Gasteiger partial charge in [0.15, 0.2) is 0 Å². The summed E-state index contributed by atoms with van der Waals surface area (Å²) < 4.78 is 7.44. The summed E-state index contributed by atoms with van der Waals surface area (Å²) in [6.07, 6.45) is 4.15. The van der Waals surface area contributed by atoms with Crippen molar-refractivity contribution in [2.24, 2.45) is 5.92 Å². The van der Waals surface area contributed by atoms with E-state index in [0.29, 0.717) is 24.1 Å². The molecule has 1 aromatic carbocycles. The molecule has 20 heavy (non-hydrogen) atoms. The minimum Gasteiger partial charge on any atom is -0.508 e. The highest BCUT2D eigenvalue weighted by molar-refractivity contribution is 6.04. The number of nitrogens with zero attached hydrogens (tertiary/aromatic N) is 1. The third-order valence-corrected chi connectivity index (χ3v) is 3.52. The highest BCUT2D eigenvalue weighted by Crippen LogP contribution is 2.39. The fourth-order valence-electron chi connectivity index (χ4n) is 2.38. The van der Waals surface area contributed by atoms with E-state index in [1.807, 2.05) is 26.1 Å². The number of benzene rings is 1. The van der Waals surface area contributed by atoms with Gasteiger partial charge in [0, 0.05) is 23.1 Å². The maximum Gasteiger partial charge on any atom is 0.340 e. The highest BCUT2D eigenvalue weighted by atomic mass is 16.5. The Morgan fingerprint density at radius 2 is 2.20 bits per heavy atom. The van der Waals surface area contributed by atoms with E-state index in [9.17, 15) is 9.90 Å². The van der Waals surface area contributed by atoms with Gasteiger partial charge in [0.2, 0.25) is 0 Å². The summed E-state index contributed by atoms with van der Waals surface area (Å²) in [5.41, 5.74) is 1.53. The van der Waals surface area contributed by atoms with Gasteiger partial charge in [-0.1, -0.05) is 13.8 Å². The van der Waals surface area contributed by atoms with Gasteiger partial charge in [0.1, 0.15) is 5.75 Å². The van der Waals surface area contributed by atoms with E-state index >= 15 is 0 Å². The number of rotatable bonds is 4. The van der Waals surface area contributed by atoms with Crippen LogP contribution in [0.25, 0.3) is 10.9 Å². The lowest BCUT2D eigenvalue weighted by Gasteiger charge is -2.06. The Kier molecular flexibility index (Phi) is 3.16. The Morgan fingerprint density at radius 1 is 1.45 bits per heavy atom. The van der Waals surface area contributed by atoms with Gasteiger partial charge in [-0.05, 0) is 37.0 Å². The first-order chi connectivity index (χ1) is 9.56. The summed E-state index contributed by atoms with van der Waals surface area (Å²) in [6.45, 7) is 4.42. The predicted octanol–water partition coefficient (Wildman–Crippen LogP) is 3.49. The van der Waals surface area contributed by atoms with E-state index in [1.54, 1.807) is 12.1 Å². The third-order valence-electron chi connectivity index (χ3n) is 3.52. The zero-order valence-electron chi connectivity index (χ0n) is 11.8. The van der Waals surface area contributed by atoms with Crippen molar-refractivity contribution in [3.63, 3.8) is 0 Å². The van der Waals surface area contributed by atoms with Gasteiger partial charge in [0.25, 0.3) is 0 Å². The minimum absolute atomic E-state index is 0.170. The van der Waals surface area contributed by atoms with Gasteiger partial charge in [-0.2, -0.15) is 0 Å². The molecule has 0 atom stereocenters. The van der Waals surface area contributed by atoms with Gasteiger partial charge >= 0.3 is 5.97 Å². The molecule has 1 fully saturated rings. The molecule has 4 heteroatoms. The van der Waals surface area contributed by atoms with E-state index < -0.39 is 0 Å². The molecule has 106 valence electrons. The van der Waals surface area contributed by atoms with Crippen LogP contribution < -0.4 is 0 Å². The molecule has 0 bridgehead atoms. The number of esters is 1. The monoisotopic (exact) mass is 273 g/mol. The lowest BCUT2D eigenvalue weighted by atomic mass is 10.1. The largest absolute Gasteiger partial charge is 0.508 e. The summed E-state index contributed by atoms with van der Waals surface area (Å²) in [5, 5.41) is 10.4. The van der Waals surface area contributed by atoms with Gasteiger partial charge in [-0.3, -0.25) is 0 Å². The number of phenolic OH excluding ortho intramolecular Hbond substituents is 1. The average Bonchev–Trinajstić information content (AvgIpc) is 3.17. The highest BCUT2D eigenvalue weighted by Gasteiger charge is 2.27. The second-order valence-electron chi connectivity index (χ2n) is 5.87. The number of hydrogen-bond donors (Lipinski definition) is 1. The Labute approximate surface area is 118 Å². The number of phenols is 1. The fourth-order valence-corrected chi connectivity index (χ4v) is 2.38. The molecule has 2 aromatic rings. The molecule has 4 nitrogen and oxygen atoms in total. The molecule has 1 aromatic heterocycles. The normalized spacial score (nSPS) is 14.9. The van der Waals surface area contributed by atoms with Crippen LogP contribution in [0.3, 0.4) is 0 Å². The minimum atomic E-state index is -0.311. The van der Waals surface area contributed by atoms with Crippen molar-refractivity contribution in [1.82, 2.24) is 4.57 Å². The summed E-state index contributed by atoms with van der Waals surface area (Å²) >= 11 is 0. The smallest absolute Gasteiger partial charge is 0.340 e. The molecule has 0 saturated heterocycles. The summed E-state index contributed by atoms with van der Waals surface area (Å²) in [4.78, 5) is 12.2. The second-order valence-corrected chi connectivity index (χ2v) is 5.87. The van der Waals surface area contributed by atoms with Gasteiger partial charge in [0.05, 0.1) is 12.2 Å². The number of hydrogen-bond acceptors (Lipinski definition) is 3. The van der Waals surface area contributed by atoms with Crippen LogP contribution in [0.15, 0.2) is 24.4 Å². The first-order valence-electron chi connectivity index (χ1n) is 7.07. The van der Waals surface area contributed by atoms with Gasteiger partial charge < -0.3 is 14.4 Å². The Balaban J connectivity index is 2.01. The molecule has 0 unspecified atom stereocenters. The van der Waals surface area contributed by atoms with Crippen LogP contribution in [-0.2, 0) is 4.74 Å². The van der Waals surface area contributed by atoms with Crippen molar-refractivity contribution in [3.05, 3.63) is 30.0 Å². The Hall–Kier alpha value is -1.97. The summed E-state index contributed by atoms with van der Waals surface area (Å²) in [6, 6.07) is 5.64. The van der Waals surface area contributed by atoms with E-state index in [4.69, 9.17) is 4.74 Å². The molecular formula is C16H19NO3. The van der Waals surface area contributed by atoms with Crippen molar-refractivity contribution < 1.29 is 14.6 Å². The zero-order chi connectivity index (χ0) is 14.3. The van der Waals surface area contributed by atoms with Gasteiger partial charge in [-0.15, -0.1) is 0 Å². The lowest BCUT2D eigenvalue weighted by molar-refractivity contribution is 0.0461. The van der Waals surface area contributed by atoms with Crippen LogP contribution in [-0.4, -0.2) is 22.2 Å². The first kappa shape index (κ1) is 13.0. The molecular weight excluding hydrogens is 254 g/mol. The SMILES string of the molecule is CC(C)COC(=O)c1cn(C2CC2)c2ccc(O)cc12. The number of ether oxygens (including phenoxy) is 1. The number of aromatic nitrogens is 1. The standard InChI is InChI=1S/C16H19NO3/c1-10(2)9-20-16(19)14-8-17(11-3-4-11)15-6-5-12(18)7-13(14)15/h5-8,10-11,18H,3-4,9H2,1-2H3. The quantitative estimate of drug-likeness (QED) is 0.867. The van der Waals surface area contributed by atoms with Crippen molar-refractivity contribution >= 4 is 16.9 Å². The Bertz CT molecular complexity index is 653. The van der Waals surface area contributed by atoms with Crippen molar-refractivity contribution in [1.29, 1.82) is 0 Å². The molecule has 1 aliphatic carbocycles. The van der Waals surface area contributed by atoms with Crippen LogP contribution in [0.1, 0.15) is 43.1 Å². The fraction of sp³-hybridized carbons (Fsp3) is 0.438. The molecule has 0 spiro atoms. The lowest BCUT2D eigenvalue weighted by Crippen LogP contribution is -2.09. The van der Waals surface area contributed by atoms with E-state index in [0.717, 1.165) is 23.7 Å².